The highest BCUT2D eigenvalue weighted by Crippen LogP contribution is 2.24. The van der Waals surface area contributed by atoms with Crippen molar-refractivity contribution in [3.63, 3.8) is 0 Å². The van der Waals surface area contributed by atoms with Crippen LogP contribution >= 0.6 is 0 Å². The molecule has 0 unspecified atom stereocenters. The Balaban J connectivity index is 1.47. The number of carbonyl (C=O) groups is 1. The largest absolute Gasteiger partial charge is 0.385 e. The third-order valence-corrected chi connectivity index (χ3v) is 5.24. The lowest BCUT2D eigenvalue weighted by atomic mass is 10.1. The van der Waals surface area contributed by atoms with Gasteiger partial charge in [0.1, 0.15) is 0 Å². The van der Waals surface area contributed by atoms with Crippen LogP contribution < -0.4 is 10.2 Å². The van der Waals surface area contributed by atoms with E-state index < -0.39 is 0 Å². The minimum absolute atomic E-state index is 0.241. The van der Waals surface area contributed by atoms with Crippen molar-refractivity contribution in [1.29, 1.82) is 0 Å². The summed E-state index contributed by atoms with van der Waals surface area (Å²) in [5.41, 5.74) is 6.28. The molecule has 4 nitrogen and oxygen atoms in total. The number of rotatable bonds is 5. The van der Waals surface area contributed by atoms with E-state index in [1.165, 1.54) is 22.4 Å². The molecular weight excluding hydrogens is 322 g/mol. The van der Waals surface area contributed by atoms with Gasteiger partial charge in [-0.1, -0.05) is 24.3 Å². The van der Waals surface area contributed by atoms with E-state index in [0.717, 1.165) is 31.9 Å². The average Bonchev–Trinajstić information content (AvgIpc) is 2.64. The molecule has 0 saturated carbocycles. The Morgan fingerprint density at radius 1 is 1.00 bits per heavy atom. The van der Waals surface area contributed by atoms with E-state index in [0.29, 0.717) is 13.0 Å². The molecule has 3 rings (SSSR count). The molecule has 0 aliphatic carbocycles. The molecule has 2 aromatic carbocycles. The van der Waals surface area contributed by atoms with Crippen molar-refractivity contribution in [3.05, 3.63) is 59.2 Å². The second kappa shape index (κ2) is 8.26. The number of anilines is 2. The molecule has 1 aliphatic rings. The van der Waals surface area contributed by atoms with Gasteiger partial charge in [-0.3, -0.25) is 4.79 Å². The zero-order valence-electron chi connectivity index (χ0n) is 16.1. The van der Waals surface area contributed by atoms with Crippen LogP contribution in [0.2, 0.25) is 0 Å². The van der Waals surface area contributed by atoms with E-state index in [2.05, 4.69) is 61.3 Å². The van der Waals surface area contributed by atoms with Crippen LogP contribution in [0.3, 0.4) is 0 Å². The van der Waals surface area contributed by atoms with Crippen molar-refractivity contribution in [2.75, 3.05) is 42.9 Å². The fraction of sp³-hybridized carbons (Fsp3) is 0.409. The number of hydrogen-bond acceptors (Lipinski definition) is 3. The lowest BCUT2D eigenvalue weighted by molar-refractivity contribution is -0.131. The van der Waals surface area contributed by atoms with Crippen molar-refractivity contribution < 1.29 is 4.79 Å². The van der Waals surface area contributed by atoms with Crippen LogP contribution in [0.5, 0.6) is 0 Å². The molecule has 1 fully saturated rings. The van der Waals surface area contributed by atoms with Crippen LogP contribution in [0.4, 0.5) is 11.4 Å². The molecule has 0 radical (unpaired) electrons. The summed E-state index contributed by atoms with van der Waals surface area (Å²) in [5.74, 6) is 0.241. The molecule has 0 bridgehead atoms. The summed E-state index contributed by atoms with van der Waals surface area (Å²) in [7, 11) is 0. The van der Waals surface area contributed by atoms with Crippen LogP contribution in [0.25, 0.3) is 0 Å². The monoisotopic (exact) mass is 351 g/mol. The number of nitrogens with zero attached hydrogens (tertiary/aromatic N) is 2. The van der Waals surface area contributed by atoms with E-state index in [-0.39, 0.29) is 5.91 Å². The first-order valence-corrected chi connectivity index (χ1v) is 9.44. The highest BCUT2D eigenvalue weighted by molar-refractivity contribution is 5.77. The van der Waals surface area contributed by atoms with Crippen molar-refractivity contribution >= 4 is 17.3 Å². The van der Waals surface area contributed by atoms with Gasteiger partial charge in [0.25, 0.3) is 0 Å². The van der Waals surface area contributed by atoms with E-state index in [4.69, 9.17) is 0 Å². The molecule has 1 aliphatic heterocycles. The summed E-state index contributed by atoms with van der Waals surface area (Å²) in [6.45, 7) is 10.5. The molecule has 2 aromatic rings. The van der Waals surface area contributed by atoms with Gasteiger partial charge in [0.2, 0.25) is 5.91 Å². The molecule has 26 heavy (non-hydrogen) atoms. The molecule has 0 aromatic heterocycles. The number of nitrogens with one attached hydrogen (secondary N) is 1. The predicted molar refractivity (Wildman–Crippen MR) is 109 cm³/mol. The first-order valence-electron chi connectivity index (χ1n) is 9.44. The Kier molecular flexibility index (Phi) is 5.82. The minimum Gasteiger partial charge on any atom is -0.385 e. The first kappa shape index (κ1) is 18.3. The summed E-state index contributed by atoms with van der Waals surface area (Å²) in [6.07, 6.45) is 0.539. The molecule has 1 heterocycles. The fourth-order valence-electron chi connectivity index (χ4n) is 3.50. The molecule has 0 atom stereocenters. The smallest absolute Gasteiger partial charge is 0.224 e. The lowest BCUT2D eigenvalue weighted by Gasteiger charge is -2.37. The van der Waals surface area contributed by atoms with Crippen molar-refractivity contribution in [2.24, 2.45) is 0 Å². The van der Waals surface area contributed by atoms with Gasteiger partial charge < -0.3 is 15.1 Å². The Morgan fingerprint density at radius 3 is 2.46 bits per heavy atom. The maximum atomic E-state index is 12.5. The van der Waals surface area contributed by atoms with Crippen molar-refractivity contribution in [3.8, 4) is 0 Å². The van der Waals surface area contributed by atoms with Gasteiger partial charge in [-0.05, 0) is 55.7 Å². The number of benzene rings is 2. The third-order valence-electron chi connectivity index (χ3n) is 5.24. The van der Waals surface area contributed by atoms with Crippen LogP contribution in [-0.2, 0) is 4.79 Å². The Labute approximate surface area is 156 Å². The Hall–Kier alpha value is -2.49. The second-order valence-electron chi connectivity index (χ2n) is 7.13. The Morgan fingerprint density at radius 2 is 1.73 bits per heavy atom. The Bertz CT molecular complexity index is 764. The fourth-order valence-corrected chi connectivity index (χ4v) is 3.50. The lowest BCUT2D eigenvalue weighted by Crippen LogP contribution is -2.49. The van der Waals surface area contributed by atoms with Crippen molar-refractivity contribution in [1.82, 2.24) is 4.90 Å². The number of carbonyl (C=O) groups excluding carboxylic acids is 1. The van der Waals surface area contributed by atoms with Crippen molar-refractivity contribution in [2.45, 2.75) is 27.2 Å². The first-order chi connectivity index (χ1) is 12.5. The molecule has 0 spiro atoms. The van der Waals surface area contributed by atoms with Gasteiger partial charge in [0.05, 0.1) is 0 Å². The highest BCUT2D eigenvalue weighted by atomic mass is 16.2. The van der Waals surface area contributed by atoms with Gasteiger partial charge in [-0.25, -0.2) is 0 Å². The van der Waals surface area contributed by atoms with E-state index >= 15 is 0 Å². The highest BCUT2D eigenvalue weighted by Gasteiger charge is 2.21. The predicted octanol–water partition coefficient (Wildman–Crippen LogP) is 3.76. The number of amides is 1. The summed E-state index contributed by atoms with van der Waals surface area (Å²) in [6, 6.07) is 14.7. The number of hydrogen-bond donors (Lipinski definition) is 1. The van der Waals surface area contributed by atoms with Gasteiger partial charge in [-0.15, -0.1) is 0 Å². The van der Waals surface area contributed by atoms with Gasteiger partial charge in [0.15, 0.2) is 0 Å². The van der Waals surface area contributed by atoms with E-state index in [9.17, 15) is 4.79 Å². The zero-order chi connectivity index (χ0) is 18.5. The van der Waals surface area contributed by atoms with E-state index in [1.54, 1.807) is 0 Å². The number of aryl methyl sites for hydroxylation is 2. The normalized spacial score (nSPS) is 14.4. The minimum atomic E-state index is 0.241. The molecule has 4 heteroatoms. The topological polar surface area (TPSA) is 35.6 Å². The molecule has 1 N–H and O–H groups in total. The second-order valence-corrected chi connectivity index (χ2v) is 7.13. The number of piperazine rings is 1. The summed E-state index contributed by atoms with van der Waals surface area (Å²) < 4.78 is 0. The van der Waals surface area contributed by atoms with Crippen LogP contribution in [0.15, 0.2) is 42.5 Å². The van der Waals surface area contributed by atoms with Gasteiger partial charge in [-0.2, -0.15) is 0 Å². The summed E-state index contributed by atoms with van der Waals surface area (Å²) in [4.78, 5) is 16.9. The summed E-state index contributed by atoms with van der Waals surface area (Å²) >= 11 is 0. The molecule has 1 saturated heterocycles. The molecule has 138 valence electrons. The SMILES string of the molecule is Cc1cccc(NCCC(=O)N2CCN(c3cccc(C)c3C)CC2)c1. The zero-order valence-corrected chi connectivity index (χ0v) is 16.1. The van der Waals surface area contributed by atoms with E-state index in [1.807, 2.05) is 17.0 Å². The quantitative estimate of drug-likeness (QED) is 0.891. The maximum absolute atomic E-state index is 12.5. The van der Waals surface area contributed by atoms with Gasteiger partial charge in [0, 0.05) is 50.5 Å². The summed E-state index contributed by atoms with van der Waals surface area (Å²) in [5, 5.41) is 3.35. The van der Waals surface area contributed by atoms with Gasteiger partial charge >= 0.3 is 0 Å². The average molecular weight is 351 g/mol. The third kappa shape index (κ3) is 4.37. The standard InChI is InChI=1S/C22H29N3O/c1-17-6-4-8-20(16-17)23-11-10-22(26)25-14-12-24(13-15-25)21-9-5-7-18(2)19(21)3/h4-9,16,23H,10-15H2,1-3H3. The molecule has 1 amide bonds. The van der Waals surface area contributed by atoms with Crippen LogP contribution in [-0.4, -0.2) is 43.5 Å². The van der Waals surface area contributed by atoms with Crippen LogP contribution in [0.1, 0.15) is 23.1 Å². The van der Waals surface area contributed by atoms with Crippen LogP contribution in [0, 0.1) is 20.8 Å². The maximum Gasteiger partial charge on any atom is 0.224 e. The molecular formula is C22H29N3O.